The van der Waals surface area contributed by atoms with Gasteiger partial charge < -0.3 is 16.0 Å². The summed E-state index contributed by atoms with van der Waals surface area (Å²) in [5.41, 5.74) is 5.57. The van der Waals surface area contributed by atoms with Crippen LogP contribution in [0.4, 0.5) is 5.82 Å². The van der Waals surface area contributed by atoms with Gasteiger partial charge in [0.05, 0.1) is 0 Å². The molecule has 0 radical (unpaired) electrons. The standard InChI is InChI=1S/C12H18N4O/c1-14-8-9-4-3-7-16(9)11-6-2-5-10(15-11)12(13)17/h2,5-6,9,14H,3-4,7-8H2,1H3,(H2,13,17). The van der Waals surface area contributed by atoms with Gasteiger partial charge in [-0.2, -0.15) is 0 Å². The Morgan fingerprint density at radius 1 is 1.65 bits per heavy atom. The van der Waals surface area contributed by atoms with E-state index in [9.17, 15) is 4.79 Å². The van der Waals surface area contributed by atoms with Crippen molar-refractivity contribution in [2.24, 2.45) is 5.73 Å². The molecule has 2 rings (SSSR count). The van der Waals surface area contributed by atoms with E-state index in [0.29, 0.717) is 11.7 Å². The summed E-state index contributed by atoms with van der Waals surface area (Å²) in [6, 6.07) is 5.86. The first-order valence-electron chi connectivity index (χ1n) is 5.90. The van der Waals surface area contributed by atoms with Gasteiger partial charge in [-0.1, -0.05) is 6.07 Å². The highest BCUT2D eigenvalue weighted by Gasteiger charge is 2.25. The molecular weight excluding hydrogens is 216 g/mol. The van der Waals surface area contributed by atoms with Crippen LogP contribution in [0, 0.1) is 0 Å². The van der Waals surface area contributed by atoms with Gasteiger partial charge >= 0.3 is 0 Å². The van der Waals surface area contributed by atoms with E-state index in [1.54, 1.807) is 6.07 Å². The van der Waals surface area contributed by atoms with Gasteiger partial charge in [-0.15, -0.1) is 0 Å². The number of amides is 1. The van der Waals surface area contributed by atoms with Crippen molar-refractivity contribution in [3.05, 3.63) is 23.9 Å². The number of hydrogen-bond donors (Lipinski definition) is 2. The Kier molecular flexibility index (Phi) is 3.58. The number of pyridine rings is 1. The first-order chi connectivity index (χ1) is 8.22. The molecule has 1 unspecified atom stereocenters. The second-order valence-electron chi connectivity index (χ2n) is 4.29. The molecule has 1 saturated heterocycles. The van der Waals surface area contributed by atoms with E-state index in [2.05, 4.69) is 15.2 Å². The zero-order chi connectivity index (χ0) is 12.3. The monoisotopic (exact) mass is 234 g/mol. The van der Waals surface area contributed by atoms with Crippen molar-refractivity contribution >= 4 is 11.7 Å². The molecule has 1 atom stereocenters. The molecule has 0 saturated carbocycles. The third kappa shape index (κ3) is 2.55. The molecule has 1 amide bonds. The minimum atomic E-state index is -0.476. The lowest BCUT2D eigenvalue weighted by molar-refractivity contribution is 0.0995. The molecule has 5 nitrogen and oxygen atoms in total. The Morgan fingerprint density at radius 2 is 2.47 bits per heavy atom. The first-order valence-corrected chi connectivity index (χ1v) is 5.90. The Bertz CT molecular complexity index is 407. The molecule has 1 fully saturated rings. The number of aromatic nitrogens is 1. The number of hydrogen-bond acceptors (Lipinski definition) is 4. The maximum atomic E-state index is 11.1. The Balaban J connectivity index is 2.21. The van der Waals surface area contributed by atoms with Crippen LogP contribution in [0.5, 0.6) is 0 Å². The number of carbonyl (C=O) groups is 1. The molecule has 0 aliphatic carbocycles. The molecule has 0 spiro atoms. The Morgan fingerprint density at radius 3 is 3.18 bits per heavy atom. The van der Waals surface area contributed by atoms with Gasteiger partial charge in [0.2, 0.25) is 0 Å². The van der Waals surface area contributed by atoms with Crippen LogP contribution in [0.1, 0.15) is 23.3 Å². The van der Waals surface area contributed by atoms with Gasteiger partial charge in [-0.25, -0.2) is 4.98 Å². The SMILES string of the molecule is CNCC1CCCN1c1cccc(C(N)=O)n1. The number of nitrogens with two attached hydrogens (primary N) is 1. The average Bonchev–Trinajstić information content (AvgIpc) is 2.78. The number of anilines is 1. The fraction of sp³-hybridized carbons (Fsp3) is 0.500. The summed E-state index contributed by atoms with van der Waals surface area (Å²) in [6.45, 7) is 1.92. The number of rotatable bonds is 4. The van der Waals surface area contributed by atoms with Crippen LogP contribution >= 0.6 is 0 Å². The van der Waals surface area contributed by atoms with Crippen LogP contribution in [0.3, 0.4) is 0 Å². The van der Waals surface area contributed by atoms with Crippen LogP contribution in [-0.4, -0.2) is 37.1 Å². The summed E-state index contributed by atoms with van der Waals surface area (Å²) in [5, 5.41) is 3.19. The molecule has 5 heteroatoms. The molecule has 1 aliphatic rings. The lowest BCUT2D eigenvalue weighted by atomic mass is 10.2. The van der Waals surface area contributed by atoms with E-state index in [0.717, 1.165) is 31.7 Å². The van der Waals surface area contributed by atoms with Gasteiger partial charge in [-0.3, -0.25) is 4.79 Å². The van der Waals surface area contributed by atoms with Crippen molar-refractivity contribution in [2.75, 3.05) is 25.0 Å². The fourth-order valence-electron chi connectivity index (χ4n) is 2.31. The van der Waals surface area contributed by atoms with Gasteiger partial charge in [0.1, 0.15) is 11.5 Å². The number of nitrogens with one attached hydrogen (secondary N) is 1. The van der Waals surface area contributed by atoms with E-state index >= 15 is 0 Å². The Labute approximate surface area is 101 Å². The third-order valence-electron chi connectivity index (χ3n) is 3.10. The lowest BCUT2D eigenvalue weighted by Gasteiger charge is -2.25. The van der Waals surface area contributed by atoms with Crippen LogP contribution < -0.4 is 16.0 Å². The van der Waals surface area contributed by atoms with E-state index in [1.807, 2.05) is 19.2 Å². The van der Waals surface area contributed by atoms with Crippen molar-refractivity contribution in [3.8, 4) is 0 Å². The van der Waals surface area contributed by atoms with E-state index < -0.39 is 5.91 Å². The maximum Gasteiger partial charge on any atom is 0.267 e. The van der Waals surface area contributed by atoms with Crippen molar-refractivity contribution in [2.45, 2.75) is 18.9 Å². The second kappa shape index (κ2) is 5.14. The quantitative estimate of drug-likeness (QED) is 0.789. The highest BCUT2D eigenvalue weighted by Crippen LogP contribution is 2.23. The van der Waals surface area contributed by atoms with E-state index in [-0.39, 0.29) is 0 Å². The summed E-state index contributed by atoms with van der Waals surface area (Å²) in [5.74, 6) is 0.371. The van der Waals surface area contributed by atoms with Crippen molar-refractivity contribution in [3.63, 3.8) is 0 Å². The molecule has 2 heterocycles. The molecule has 17 heavy (non-hydrogen) atoms. The van der Waals surface area contributed by atoms with Crippen molar-refractivity contribution in [1.82, 2.24) is 10.3 Å². The topological polar surface area (TPSA) is 71.2 Å². The van der Waals surface area contributed by atoms with Gasteiger partial charge in [0, 0.05) is 19.1 Å². The molecule has 3 N–H and O–H groups in total. The molecule has 1 aromatic heterocycles. The molecule has 0 bridgehead atoms. The first kappa shape index (κ1) is 11.9. The summed E-state index contributed by atoms with van der Waals surface area (Å²) in [4.78, 5) is 17.7. The van der Waals surface area contributed by atoms with Gasteiger partial charge in [0.15, 0.2) is 0 Å². The molecule has 1 aliphatic heterocycles. The summed E-state index contributed by atoms with van der Waals surface area (Å²) in [7, 11) is 1.95. The zero-order valence-electron chi connectivity index (χ0n) is 10.0. The predicted molar refractivity (Wildman–Crippen MR) is 67.0 cm³/mol. The minimum Gasteiger partial charge on any atom is -0.364 e. The number of nitrogens with zero attached hydrogens (tertiary/aromatic N) is 2. The minimum absolute atomic E-state index is 0.331. The second-order valence-corrected chi connectivity index (χ2v) is 4.29. The van der Waals surface area contributed by atoms with Crippen LogP contribution in [0.25, 0.3) is 0 Å². The normalized spacial score (nSPS) is 19.6. The van der Waals surface area contributed by atoms with E-state index in [1.165, 1.54) is 0 Å². The largest absolute Gasteiger partial charge is 0.364 e. The summed E-state index contributed by atoms with van der Waals surface area (Å²) >= 11 is 0. The van der Waals surface area contributed by atoms with Crippen LogP contribution in [0.15, 0.2) is 18.2 Å². The lowest BCUT2D eigenvalue weighted by Crippen LogP contribution is -2.37. The number of primary amides is 1. The molecule has 1 aromatic rings. The van der Waals surface area contributed by atoms with Gasteiger partial charge in [0.25, 0.3) is 5.91 Å². The average molecular weight is 234 g/mol. The van der Waals surface area contributed by atoms with E-state index in [4.69, 9.17) is 5.73 Å². The highest BCUT2D eigenvalue weighted by molar-refractivity contribution is 5.91. The molecular formula is C12H18N4O. The smallest absolute Gasteiger partial charge is 0.267 e. The third-order valence-corrected chi connectivity index (χ3v) is 3.10. The van der Waals surface area contributed by atoms with Crippen LogP contribution in [0.2, 0.25) is 0 Å². The van der Waals surface area contributed by atoms with Crippen molar-refractivity contribution in [1.29, 1.82) is 0 Å². The molecule has 0 aromatic carbocycles. The predicted octanol–water partition coefficient (Wildman–Crippen LogP) is 0.369. The molecule has 92 valence electrons. The number of likely N-dealkylation sites (N-methyl/N-ethyl adjacent to an activating group) is 1. The zero-order valence-corrected chi connectivity index (χ0v) is 10.0. The van der Waals surface area contributed by atoms with Crippen molar-refractivity contribution < 1.29 is 4.79 Å². The summed E-state index contributed by atoms with van der Waals surface area (Å²) in [6.07, 6.45) is 2.32. The Hall–Kier alpha value is -1.62. The highest BCUT2D eigenvalue weighted by atomic mass is 16.1. The fourth-order valence-corrected chi connectivity index (χ4v) is 2.31. The van der Waals surface area contributed by atoms with Gasteiger partial charge in [-0.05, 0) is 32.0 Å². The van der Waals surface area contributed by atoms with Crippen LogP contribution in [-0.2, 0) is 0 Å². The summed E-state index contributed by atoms with van der Waals surface area (Å²) < 4.78 is 0. The number of carbonyl (C=O) groups excluding carboxylic acids is 1. The maximum absolute atomic E-state index is 11.1.